The molecule has 1 aromatic rings. The van der Waals surface area contributed by atoms with E-state index in [2.05, 4.69) is 5.32 Å². The fourth-order valence-corrected chi connectivity index (χ4v) is 1.28. The lowest BCUT2D eigenvalue weighted by atomic mass is 10.1. The number of amides is 1. The molecule has 1 aromatic heterocycles. The normalized spacial score (nSPS) is 11.7. The summed E-state index contributed by atoms with van der Waals surface area (Å²) in [5, 5.41) is 11.1. The highest BCUT2D eigenvalue weighted by Gasteiger charge is 2.14. The number of hydrogen-bond acceptors (Lipinski definition) is 5. The van der Waals surface area contributed by atoms with Crippen molar-refractivity contribution in [1.29, 1.82) is 0 Å². The maximum absolute atomic E-state index is 11.6. The SMILES string of the molecule is COc1coc(C(=O)NCC[C@@H](C)C(=O)O)cc1=O. The molecule has 0 fully saturated rings. The van der Waals surface area contributed by atoms with Crippen molar-refractivity contribution in [1.82, 2.24) is 5.32 Å². The van der Waals surface area contributed by atoms with Crippen molar-refractivity contribution in [3.63, 3.8) is 0 Å². The molecule has 0 aliphatic rings. The van der Waals surface area contributed by atoms with Crippen LogP contribution < -0.4 is 15.5 Å². The second kappa shape index (κ2) is 6.58. The number of rotatable bonds is 6. The molecule has 7 nitrogen and oxygen atoms in total. The van der Waals surface area contributed by atoms with Gasteiger partial charge in [-0.15, -0.1) is 0 Å². The standard InChI is InChI=1S/C12H15NO6/c1-7(12(16)17)3-4-13-11(15)9-5-8(14)10(18-2)6-19-9/h5-7H,3-4H2,1-2H3,(H,13,15)(H,16,17)/t7-/m1/s1. The predicted octanol–water partition coefficient (Wildman–Crippen LogP) is 0.489. The highest BCUT2D eigenvalue weighted by Crippen LogP contribution is 2.05. The van der Waals surface area contributed by atoms with E-state index in [0.29, 0.717) is 6.42 Å². The molecule has 0 radical (unpaired) electrons. The van der Waals surface area contributed by atoms with Gasteiger partial charge in [-0.1, -0.05) is 6.92 Å². The average Bonchev–Trinajstić information content (AvgIpc) is 2.38. The van der Waals surface area contributed by atoms with E-state index < -0.39 is 23.2 Å². The van der Waals surface area contributed by atoms with Gasteiger partial charge in [0.15, 0.2) is 5.76 Å². The van der Waals surface area contributed by atoms with E-state index in [1.807, 2.05) is 0 Å². The van der Waals surface area contributed by atoms with Crippen molar-refractivity contribution in [3.8, 4) is 5.75 Å². The number of aliphatic carboxylic acids is 1. The molecule has 0 unspecified atom stereocenters. The van der Waals surface area contributed by atoms with Crippen molar-refractivity contribution < 1.29 is 23.8 Å². The molecule has 1 atom stereocenters. The van der Waals surface area contributed by atoms with E-state index in [0.717, 1.165) is 12.3 Å². The summed E-state index contributed by atoms with van der Waals surface area (Å²) in [4.78, 5) is 33.6. The highest BCUT2D eigenvalue weighted by molar-refractivity contribution is 5.91. The van der Waals surface area contributed by atoms with Crippen molar-refractivity contribution in [2.75, 3.05) is 13.7 Å². The lowest BCUT2D eigenvalue weighted by Gasteiger charge is -2.07. The van der Waals surface area contributed by atoms with Crippen LogP contribution in [0.15, 0.2) is 21.5 Å². The summed E-state index contributed by atoms with van der Waals surface area (Å²) < 4.78 is 9.66. The van der Waals surface area contributed by atoms with Crippen LogP contribution in [-0.2, 0) is 4.79 Å². The first kappa shape index (κ1) is 14.7. The maximum atomic E-state index is 11.6. The number of carboxylic acid groups (broad SMARTS) is 1. The topological polar surface area (TPSA) is 106 Å². The van der Waals surface area contributed by atoms with Gasteiger partial charge in [0.2, 0.25) is 11.2 Å². The Morgan fingerprint density at radius 1 is 1.53 bits per heavy atom. The van der Waals surface area contributed by atoms with Crippen molar-refractivity contribution in [3.05, 3.63) is 28.3 Å². The Labute approximate surface area is 109 Å². The predicted molar refractivity (Wildman–Crippen MR) is 65.3 cm³/mol. The van der Waals surface area contributed by atoms with Crippen LogP contribution in [0.3, 0.4) is 0 Å². The summed E-state index contributed by atoms with van der Waals surface area (Å²) in [6.45, 7) is 1.73. The molecule has 19 heavy (non-hydrogen) atoms. The molecule has 2 N–H and O–H groups in total. The maximum Gasteiger partial charge on any atom is 0.306 e. The molecule has 0 saturated heterocycles. The quantitative estimate of drug-likeness (QED) is 0.778. The summed E-state index contributed by atoms with van der Waals surface area (Å²) in [5.74, 6) is -2.18. The van der Waals surface area contributed by atoms with Gasteiger partial charge >= 0.3 is 5.97 Å². The fourth-order valence-electron chi connectivity index (χ4n) is 1.28. The largest absolute Gasteiger partial charge is 0.490 e. The number of carbonyl (C=O) groups excluding carboxylic acids is 1. The van der Waals surface area contributed by atoms with Crippen LogP contribution in [0.25, 0.3) is 0 Å². The van der Waals surface area contributed by atoms with Gasteiger partial charge in [-0.05, 0) is 6.42 Å². The van der Waals surface area contributed by atoms with E-state index >= 15 is 0 Å². The van der Waals surface area contributed by atoms with Crippen molar-refractivity contribution in [2.45, 2.75) is 13.3 Å². The molecule has 0 aliphatic heterocycles. The van der Waals surface area contributed by atoms with Gasteiger partial charge in [-0.2, -0.15) is 0 Å². The second-order valence-corrected chi connectivity index (χ2v) is 3.96. The van der Waals surface area contributed by atoms with Crippen molar-refractivity contribution >= 4 is 11.9 Å². The van der Waals surface area contributed by atoms with E-state index in [1.54, 1.807) is 6.92 Å². The lowest BCUT2D eigenvalue weighted by Crippen LogP contribution is -2.27. The van der Waals surface area contributed by atoms with E-state index in [-0.39, 0.29) is 18.1 Å². The minimum Gasteiger partial charge on any atom is -0.490 e. The van der Waals surface area contributed by atoms with Crippen LogP contribution in [0.1, 0.15) is 23.9 Å². The van der Waals surface area contributed by atoms with Crippen LogP contribution in [0.2, 0.25) is 0 Å². The van der Waals surface area contributed by atoms with Crippen molar-refractivity contribution in [2.24, 2.45) is 5.92 Å². The summed E-state index contributed by atoms with van der Waals surface area (Å²) >= 11 is 0. The van der Waals surface area contributed by atoms with Crippen LogP contribution in [-0.4, -0.2) is 30.6 Å². The average molecular weight is 269 g/mol. The monoisotopic (exact) mass is 269 g/mol. The highest BCUT2D eigenvalue weighted by atomic mass is 16.5. The van der Waals surface area contributed by atoms with Crippen LogP contribution >= 0.6 is 0 Å². The Kier molecular flexibility index (Phi) is 5.11. The van der Waals surface area contributed by atoms with E-state index in [4.69, 9.17) is 14.3 Å². The van der Waals surface area contributed by atoms with E-state index in [1.165, 1.54) is 7.11 Å². The lowest BCUT2D eigenvalue weighted by molar-refractivity contribution is -0.141. The third kappa shape index (κ3) is 4.13. The Bertz CT molecular complexity index is 521. The molecule has 0 spiro atoms. The summed E-state index contributed by atoms with van der Waals surface area (Å²) in [7, 11) is 1.32. The molecule has 1 heterocycles. The van der Waals surface area contributed by atoms with Gasteiger partial charge in [0.1, 0.15) is 6.26 Å². The zero-order chi connectivity index (χ0) is 14.4. The molecule has 0 bridgehead atoms. The number of hydrogen-bond donors (Lipinski definition) is 2. The molecule has 7 heteroatoms. The third-order valence-corrected chi connectivity index (χ3v) is 2.53. The Hall–Kier alpha value is -2.31. The molecule has 1 amide bonds. The molecular weight excluding hydrogens is 254 g/mol. The second-order valence-electron chi connectivity index (χ2n) is 3.96. The van der Waals surface area contributed by atoms with Gasteiger partial charge in [0.25, 0.3) is 5.91 Å². The summed E-state index contributed by atoms with van der Waals surface area (Å²) in [6.07, 6.45) is 1.35. The number of carboxylic acids is 1. The third-order valence-electron chi connectivity index (χ3n) is 2.53. The zero-order valence-corrected chi connectivity index (χ0v) is 10.6. The zero-order valence-electron chi connectivity index (χ0n) is 10.6. The van der Waals surface area contributed by atoms with Crippen LogP contribution in [0.5, 0.6) is 5.75 Å². The first-order chi connectivity index (χ1) is 8.95. The van der Waals surface area contributed by atoms with Gasteiger partial charge in [0.05, 0.1) is 13.0 Å². The smallest absolute Gasteiger partial charge is 0.306 e. The number of ether oxygens (including phenoxy) is 1. The van der Waals surface area contributed by atoms with Gasteiger partial charge in [0, 0.05) is 12.6 Å². The van der Waals surface area contributed by atoms with Gasteiger partial charge in [-0.3, -0.25) is 14.4 Å². The van der Waals surface area contributed by atoms with Crippen LogP contribution in [0, 0.1) is 5.92 Å². The summed E-state index contributed by atoms with van der Waals surface area (Å²) in [5.41, 5.74) is -0.460. The Balaban J connectivity index is 2.57. The molecule has 0 aromatic carbocycles. The molecular formula is C12H15NO6. The Morgan fingerprint density at radius 3 is 2.74 bits per heavy atom. The first-order valence-corrected chi connectivity index (χ1v) is 5.63. The number of carbonyl (C=O) groups is 2. The number of methoxy groups -OCH3 is 1. The minimum absolute atomic E-state index is 0.0102. The Morgan fingerprint density at radius 2 is 2.21 bits per heavy atom. The molecule has 0 aliphatic carbocycles. The minimum atomic E-state index is -0.926. The molecule has 1 rings (SSSR count). The first-order valence-electron chi connectivity index (χ1n) is 5.63. The van der Waals surface area contributed by atoms with E-state index in [9.17, 15) is 14.4 Å². The van der Waals surface area contributed by atoms with Crippen LogP contribution in [0.4, 0.5) is 0 Å². The molecule has 0 saturated carbocycles. The van der Waals surface area contributed by atoms with Gasteiger partial charge in [-0.25, -0.2) is 0 Å². The fraction of sp³-hybridized carbons (Fsp3) is 0.417. The summed E-state index contributed by atoms with van der Waals surface area (Å²) in [6, 6.07) is 1.02. The molecule has 104 valence electrons. The number of nitrogens with one attached hydrogen (secondary N) is 1. The van der Waals surface area contributed by atoms with Gasteiger partial charge < -0.3 is 19.6 Å².